The van der Waals surface area contributed by atoms with E-state index in [9.17, 15) is 14.4 Å². The van der Waals surface area contributed by atoms with Crippen molar-refractivity contribution in [3.8, 4) is 0 Å². The Morgan fingerprint density at radius 1 is 1.32 bits per heavy atom. The molecule has 3 heterocycles. The Labute approximate surface area is 164 Å². The maximum atomic E-state index is 12.7. The maximum absolute atomic E-state index is 12.7. The summed E-state index contributed by atoms with van der Waals surface area (Å²) in [5.74, 6) is -0.289. The number of rotatable bonds is 5. The van der Waals surface area contributed by atoms with Gasteiger partial charge in [0, 0.05) is 45.3 Å². The van der Waals surface area contributed by atoms with Gasteiger partial charge in [0.1, 0.15) is 12.6 Å². The number of aromatic amines is 1. The minimum atomic E-state index is -0.556. The van der Waals surface area contributed by atoms with Crippen LogP contribution in [0.1, 0.15) is 44.5 Å². The van der Waals surface area contributed by atoms with Crippen molar-refractivity contribution in [2.75, 3.05) is 33.4 Å². The second-order valence-electron chi connectivity index (χ2n) is 7.46. The van der Waals surface area contributed by atoms with Gasteiger partial charge in [-0.1, -0.05) is 6.92 Å². The maximum Gasteiger partial charge on any atom is 0.249 e. The van der Waals surface area contributed by atoms with Crippen LogP contribution in [-0.2, 0) is 31.1 Å². The van der Waals surface area contributed by atoms with E-state index >= 15 is 0 Å². The van der Waals surface area contributed by atoms with Crippen LogP contribution in [-0.4, -0.2) is 76.9 Å². The summed E-state index contributed by atoms with van der Waals surface area (Å²) >= 11 is 0. The number of hydrogen-bond donors (Lipinski definition) is 2. The predicted octanol–water partition coefficient (Wildman–Crippen LogP) is 0.173. The molecule has 1 spiro atoms. The van der Waals surface area contributed by atoms with Gasteiger partial charge in [-0.05, 0) is 19.8 Å². The normalized spacial score (nSPS) is 19.2. The molecule has 1 fully saturated rings. The van der Waals surface area contributed by atoms with Gasteiger partial charge in [0.05, 0.1) is 17.6 Å². The van der Waals surface area contributed by atoms with E-state index in [2.05, 4.69) is 15.3 Å². The van der Waals surface area contributed by atoms with Gasteiger partial charge in [-0.2, -0.15) is 0 Å². The first-order valence-corrected chi connectivity index (χ1v) is 9.83. The van der Waals surface area contributed by atoms with Gasteiger partial charge >= 0.3 is 0 Å². The molecule has 28 heavy (non-hydrogen) atoms. The van der Waals surface area contributed by atoms with Crippen molar-refractivity contribution in [1.82, 2.24) is 25.1 Å². The summed E-state index contributed by atoms with van der Waals surface area (Å²) in [6, 6.07) is -0.556. The van der Waals surface area contributed by atoms with E-state index in [-0.39, 0.29) is 24.3 Å². The van der Waals surface area contributed by atoms with Crippen LogP contribution in [0.25, 0.3) is 0 Å². The summed E-state index contributed by atoms with van der Waals surface area (Å²) in [5, 5.41) is 2.72. The highest BCUT2D eigenvalue weighted by Crippen LogP contribution is 2.42. The molecule has 1 saturated heterocycles. The van der Waals surface area contributed by atoms with Crippen molar-refractivity contribution < 1.29 is 19.1 Å². The number of nitrogens with zero attached hydrogens (tertiary/aromatic N) is 3. The summed E-state index contributed by atoms with van der Waals surface area (Å²) in [7, 11) is 1.52. The molecule has 1 atom stereocenters. The minimum absolute atomic E-state index is 0.0320. The highest BCUT2D eigenvalue weighted by Gasteiger charge is 2.49. The van der Waals surface area contributed by atoms with Crippen LogP contribution < -0.4 is 5.32 Å². The second kappa shape index (κ2) is 8.30. The van der Waals surface area contributed by atoms with Crippen LogP contribution in [0.5, 0.6) is 0 Å². The summed E-state index contributed by atoms with van der Waals surface area (Å²) in [4.78, 5) is 48.4. The minimum Gasteiger partial charge on any atom is -0.375 e. The summed E-state index contributed by atoms with van der Waals surface area (Å²) in [5.41, 5.74) is 1.45. The van der Waals surface area contributed by atoms with Gasteiger partial charge in [0.25, 0.3) is 0 Å². The fourth-order valence-corrected chi connectivity index (χ4v) is 4.33. The lowest BCUT2D eigenvalue weighted by Crippen LogP contribution is -2.60. The third-order valence-corrected chi connectivity index (χ3v) is 5.80. The number of hydrogen-bond acceptors (Lipinski definition) is 5. The van der Waals surface area contributed by atoms with E-state index in [1.165, 1.54) is 7.11 Å². The largest absolute Gasteiger partial charge is 0.375 e. The number of ether oxygens (including phenoxy) is 1. The number of fused-ring (bicyclic) bond motifs is 2. The first kappa shape index (κ1) is 20.3. The SMILES string of the molecule is CCC(=O)N[C@H](C)C(=O)N1CCC2(CC1)c1nc[nH]c1CCN2C(=O)COC. The summed E-state index contributed by atoms with van der Waals surface area (Å²) in [6.07, 6.45) is 3.98. The van der Waals surface area contributed by atoms with E-state index in [0.717, 1.165) is 17.8 Å². The quantitative estimate of drug-likeness (QED) is 0.744. The highest BCUT2D eigenvalue weighted by atomic mass is 16.5. The Bertz CT molecular complexity index is 738. The molecule has 3 rings (SSSR count). The molecule has 0 bridgehead atoms. The van der Waals surface area contributed by atoms with E-state index in [0.29, 0.717) is 38.9 Å². The number of methoxy groups -OCH3 is 1. The van der Waals surface area contributed by atoms with E-state index in [1.54, 1.807) is 25.1 Å². The zero-order valence-corrected chi connectivity index (χ0v) is 16.8. The van der Waals surface area contributed by atoms with Gasteiger partial charge in [0.15, 0.2) is 0 Å². The molecule has 2 aliphatic rings. The number of amides is 3. The third kappa shape index (κ3) is 3.63. The zero-order valence-electron chi connectivity index (χ0n) is 16.8. The summed E-state index contributed by atoms with van der Waals surface area (Å²) in [6.45, 7) is 5.12. The van der Waals surface area contributed by atoms with Crippen molar-refractivity contribution in [2.24, 2.45) is 0 Å². The number of nitrogens with one attached hydrogen (secondary N) is 2. The van der Waals surface area contributed by atoms with Crippen LogP contribution in [0.15, 0.2) is 6.33 Å². The van der Waals surface area contributed by atoms with Crippen LogP contribution >= 0.6 is 0 Å². The molecular weight excluding hydrogens is 362 g/mol. The molecule has 9 heteroatoms. The number of H-pyrrole nitrogens is 1. The molecule has 154 valence electrons. The molecule has 2 aliphatic heterocycles. The van der Waals surface area contributed by atoms with Crippen LogP contribution in [0.4, 0.5) is 0 Å². The first-order valence-electron chi connectivity index (χ1n) is 9.83. The third-order valence-electron chi connectivity index (χ3n) is 5.80. The van der Waals surface area contributed by atoms with Crippen molar-refractivity contribution in [2.45, 2.75) is 51.1 Å². The lowest BCUT2D eigenvalue weighted by atomic mass is 9.78. The van der Waals surface area contributed by atoms with E-state index in [4.69, 9.17) is 4.74 Å². The van der Waals surface area contributed by atoms with Gasteiger partial charge in [0.2, 0.25) is 17.7 Å². The Morgan fingerprint density at radius 2 is 2.04 bits per heavy atom. The van der Waals surface area contributed by atoms with Crippen LogP contribution in [0, 0.1) is 0 Å². The Morgan fingerprint density at radius 3 is 2.68 bits per heavy atom. The van der Waals surface area contributed by atoms with Gasteiger partial charge in [-0.25, -0.2) is 4.98 Å². The lowest BCUT2D eigenvalue weighted by molar-refractivity contribution is -0.148. The van der Waals surface area contributed by atoms with E-state index in [1.807, 2.05) is 4.90 Å². The molecule has 0 aromatic carbocycles. The fraction of sp³-hybridized carbons (Fsp3) is 0.684. The molecule has 9 nitrogen and oxygen atoms in total. The Hall–Kier alpha value is -2.42. The number of imidazole rings is 1. The average Bonchev–Trinajstić information content (AvgIpc) is 3.18. The average molecular weight is 391 g/mol. The first-order chi connectivity index (χ1) is 13.4. The van der Waals surface area contributed by atoms with Crippen LogP contribution in [0.2, 0.25) is 0 Å². The van der Waals surface area contributed by atoms with Gasteiger partial charge < -0.3 is 24.8 Å². The number of piperidine rings is 1. The van der Waals surface area contributed by atoms with Crippen LogP contribution in [0.3, 0.4) is 0 Å². The van der Waals surface area contributed by atoms with Crippen molar-refractivity contribution in [1.29, 1.82) is 0 Å². The number of likely N-dealkylation sites (tertiary alicyclic amines) is 1. The monoisotopic (exact) mass is 391 g/mol. The molecular formula is C19H29N5O4. The molecule has 0 aliphatic carbocycles. The molecule has 1 aromatic heterocycles. The molecule has 0 unspecified atom stereocenters. The standard InChI is InChI=1S/C19H29N5O4/c1-4-15(25)22-13(2)18(27)23-9-6-19(7-10-23)17-14(20-12-21-17)5-8-24(19)16(26)11-28-3/h12-13H,4-11H2,1-3H3,(H,20,21)(H,22,25)/t13-/m1/s1. The smallest absolute Gasteiger partial charge is 0.249 e. The highest BCUT2D eigenvalue weighted by molar-refractivity contribution is 5.87. The lowest BCUT2D eigenvalue weighted by Gasteiger charge is -2.50. The zero-order chi connectivity index (χ0) is 20.3. The van der Waals surface area contributed by atoms with Crippen molar-refractivity contribution in [3.05, 3.63) is 17.7 Å². The molecule has 0 saturated carbocycles. The number of aromatic nitrogens is 2. The number of carbonyl (C=O) groups excluding carboxylic acids is 3. The molecule has 0 radical (unpaired) electrons. The second-order valence-corrected chi connectivity index (χ2v) is 7.46. The van der Waals surface area contributed by atoms with E-state index < -0.39 is 11.6 Å². The molecule has 3 amide bonds. The van der Waals surface area contributed by atoms with Crippen molar-refractivity contribution in [3.63, 3.8) is 0 Å². The Balaban J connectivity index is 1.76. The molecule has 2 N–H and O–H groups in total. The topological polar surface area (TPSA) is 108 Å². The predicted molar refractivity (Wildman–Crippen MR) is 101 cm³/mol. The van der Waals surface area contributed by atoms with Gasteiger partial charge in [-0.15, -0.1) is 0 Å². The summed E-state index contributed by atoms with van der Waals surface area (Å²) < 4.78 is 5.07. The number of carbonyl (C=O) groups is 3. The molecule has 1 aromatic rings. The Kier molecular flexibility index (Phi) is 6.02. The van der Waals surface area contributed by atoms with Crippen molar-refractivity contribution >= 4 is 17.7 Å². The van der Waals surface area contributed by atoms with Gasteiger partial charge in [-0.3, -0.25) is 14.4 Å². The fourth-order valence-electron chi connectivity index (χ4n) is 4.33.